The van der Waals surface area contributed by atoms with Crippen molar-refractivity contribution in [2.45, 2.75) is 19.9 Å². The van der Waals surface area contributed by atoms with E-state index in [1.807, 2.05) is 12.1 Å². The van der Waals surface area contributed by atoms with Gasteiger partial charge in [0.2, 0.25) is 0 Å². The summed E-state index contributed by atoms with van der Waals surface area (Å²) in [4.78, 5) is 18.2. The lowest BCUT2D eigenvalue weighted by molar-refractivity contribution is -0.892. The minimum Gasteiger partial charge on any atom is -0.467 e. The molecule has 1 amide bonds. The average Bonchev–Trinajstić information content (AvgIpc) is 3.19. The van der Waals surface area contributed by atoms with Gasteiger partial charge in [0.1, 0.15) is 5.76 Å². The fourth-order valence-electron chi connectivity index (χ4n) is 3.55. The van der Waals surface area contributed by atoms with Gasteiger partial charge >= 0.3 is 0 Å². The Balaban J connectivity index is 1.54. The largest absolute Gasteiger partial charge is 0.467 e. The molecule has 1 aromatic carbocycles. The first-order chi connectivity index (χ1) is 13.2. The molecule has 0 bridgehead atoms. The number of quaternary nitrogens is 1. The molecule has 0 unspecified atom stereocenters. The maximum atomic E-state index is 12.8. The van der Waals surface area contributed by atoms with Crippen LogP contribution >= 0.6 is 0 Å². The molecule has 0 radical (unpaired) electrons. The van der Waals surface area contributed by atoms with Crippen LogP contribution in [0.15, 0.2) is 47.1 Å². The van der Waals surface area contributed by atoms with Crippen molar-refractivity contribution >= 4 is 11.6 Å². The first kappa shape index (κ1) is 19.0. The van der Waals surface area contributed by atoms with Gasteiger partial charge in [0, 0.05) is 12.2 Å². The van der Waals surface area contributed by atoms with Crippen LogP contribution in [0.25, 0.3) is 0 Å². The van der Waals surface area contributed by atoms with E-state index in [4.69, 9.17) is 9.68 Å². The van der Waals surface area contributed by atoms with E-state index in [0.29, 0.717) is 26.1 Å². The molecule has 2 aromatic rings. The van der Waals surface area contributed by atoms with E-state index in [2.05, 4.69) is 42.2 Å². The van der Waals surface area contributed by atoms with Gasteiger partial charge in [0.25, 0.3) is 5.91 Å². The molecule has 3 rings (SSSR count). The molecule has 2 heterocycles. The molecule has 6 heteroatoms. The number of piperazine rings is 1. The molecule has 1 aromatic heterocycles. The van der Waals surface area contributed by atoms with Crippen molar-refractivity contribution in [3.8, 4) is 6.07 Å². The van der Waals surface area contributed by atoms with Crippen molar-refractivity contribution in [3.63, 3.8) is 0 Å². The van der Waals surface area contributed by atoms with Gasteiger partial charge in [-0.3, -0.25) is 4.79 Å². The third-order valence-corrected chi connectivity index (χ3v) is 5.10. The number of nitrogens with one attached hydrogen (secondary N) is 1. The minimum atomic E-state index is 0.0843. The highest BCUT2D eigenvalue weighted by atomic mass is 16.3. The normalized spacial score (nSPS) is 14.7. The van der Waals surface area contributed by atoms with Gasteiger partial charge in [-0.1, -0.05) is 18.2 Å². The average molecular weight is 367 g/mol. The Morgan fingerprint density at radius 2 is 2.04 bits per heavy atom. The zero-order valence-corrected chi connectivity index (χ0v) is 15.9. The molecular weight excluding hydrogens is 340 g/mol. The number of hydrogen-bond donors (Lipinski definition) is 1. The van der Waals surface area contributed by atoms with Crippen LogP contribution in [0, 0.1) is 18.3 Å². The lowest BCUT2D eigenvalue weighted by atomic mass is 10.1. The first-order valence-corrected chi connectivity index (χ1v) is 9.48. The second-order valence-electron chi connectivity index (χ2n) is 7.00. The van der Waals surface area contributed by atoms with E-state index in [1.54, 1.807) is 11.2 Å². The van der Waals surface area contributed by atoms with Gasteiger partial charge < -0.3 is 19.1 Å². The molecule has 0 saturated carbocycles. The number of hydrogen-bond acceptors (Lipinski definition) is 4. The molecule has 142 valence electrons. The fraction of sp³-hybridized carbons (Fsp3) is 0.429. The number of furan rings is 1. The number of para-hydroxylation sites is 1. The second-order valence-corrected chi connectivity index (χ2v) is 7.00. The number of aryl methyl sites for hydroxylation is 1. The third-order valence-electron chi connectivity index (χ3n) is 5.10. The summed E-state index contributed by atoms with van der Waals surface area (Å²) in [6, 6.07) is 14.3. The molecule has 1 fully saturated rings. The predicted molar refractivity (Wildman–Crippen MR) is 103 cm³/mol. The number of benzene rings is 1. The Morgan fingerprint density at radius 1 is 1.26 bits per heavy atom. The van der Waals surface area contributed by atoms with Crippen molar-refractivity contribution < 1.29 is 14.1 Å². The topological polar surface area (TPSA) is 64.9 Å². The van der Waals surface area contributed by atoms with Gasteiger partial charge in [-0.05, 0) is 30.7 Å². The Hall–Kier alpha value is -2.78. The van der Waals surface area contributed by atoms with Crippen LogP contribution in [0.2, 0.25) is 0 Å². The molecule has 6 nitrogen and oxygen atoms in total. The summed E-state index contributed by atoms with van der Waals surface area (Å²) in [7, 11) is 0. The van der Waals surface area contributed by atoms with Crippen molar-refractivity contribution in [2.24, 2.45) is 0 Å². The van der Waals surface area contributed by atoms with Gasteiger partial charge in [0.15, 0.2) is 6.54 Å². The van der Waals surface area contributed by atoms with Crippen LogP contribution in [0.1, 0.15) is 17.7 Å². The number of amides is 1. The molecule has 0 aliphatic carbocycles. The molecule has 1 aliphatic heterocycles. The SMILES string of the molecule is Cc1ccccc1N1CC[NH+](CC(=O)N(CCC#N)Cc2ccco2)CC1. The Morgan fingerprint density at radius 3 is 2.70 bits per heavy atom. The monoisotopic (exact) mass is 367 g/mol. The van der Waals surface area contributed by atoms with Crippen LogP contribution in [0.5, 0.6) is 0 Å². The van der Waals surface area contributed by atoms with Crippen LogP contribution in [0.3, 0.4) is 0 Å². The van der Waals surface area contributed by atoms with Gasteiger partial charge in [-0.25, -0.2) is 0 Å². The molecular formula is C21H27N4O2+. The summed E-state index contributed by atoms with van der Waals surface area (Å²) in [5.74, 6) is 0.835. The summed E-state index contributed by atoms with van der Waals surface area (Å²) in [5.41, 5.74) is 2.58. The molecule has 1 aliphatic rings. The molecule has 1 N–H and O–H groups in total. The summed E-state index contributed by atoms with van der Waals surface area (Å²) in [6.45, 7) is 7.25. The lowest BCUT2D eigenvalue weighted by Crippen LogP contribution is -3.15. The van der Waals surface area contributed by atoms with Crippen LogP contribution < -0.4 is 9.80 Å². The maximum Gasteiger partial charge on any atom is 0.278 e. The maximum absolute atomic E-state index is 12.8. The summed E-state index contributed by atoms with van der Waals surface area (Å²) in [5, 5.41) is 8.88. The Kier molecular flexibility index (Phi) is 6.50. The summed E-state index contributed by atoms with van der Waals surface area (Å²) >= 11 is 0. The van der Waals surface area contributed by atoms with E-state index in [0.717, 1.165) is 31.9 Å². The number of nitrogens with zero attached hydrogens (tertiary/aromatic N) is 3. The summed E-state index contributed by atoms with van der Waals surface area (Å²) < 4.78 is 5.37. The second kappa shape index (κ2) is 9.24. The quantitative estimate of drug-likeness (QED) is 0.800. The number of carbonyl (C=O) groups is 1. The van der Waals surface area contributed by atoms with Crippen molar-refractivity contribution in [3.05, 3.63) is 54.0 Å². The fourth-order valence-corrected chi connectivity index (χ4v) is 3.55. The van der Waals surface area contributed by atoms with Crippen molar-refractivity contribution in [2.75, 3.05) is 44.2 Å². The van der Waals surface area contributed by atoms with Crippen LogP contribution in [-0.4, -0.2) is 50.1 Å². The smallest absolute Gasteiger partial charge is 0.278 e. The van der Waals surface area contributed by atoms with E-state index < -0.39 is 0 Å². The summed E-state index contributed by atoms with van der Waals surface area (Å²) in [6.07, 6.45) is 1.95. The van der Waals surface area contributed by atoms with Crippen LogP contribution in [0.4, 0.5) is 5.69 Å². The van der Waals surface area contributed by atoms with E-state index in [1.165, 1.54) is 16.2 Å². The minimum absolute atomic E-state index is 0.0843. The number of nitriles is 1. The first-order valence-electron chi connectivity index (χ1n) is 9.48. The zero-order chi connectivity index (χ0) is 19.1. The zero-order valence-electron chi connectivity index (χ0n) is 15.9. The highest BCUT2D eigenvalue weighted by Gasteiger charge is 2.25. The van der Waals surface area contributed by atoms with Gasteiger partial charge in [-0.2, -0.15) is 5.26 Å². The number of anilines is 1. The number of carbonyl (C=O) groups excluding carboxylic acids is 1. The van der Waals surface area contributed by atoms with Gasteiger partial charge in [-0.15, -0.1) is 0 Å². The highest BCUT2D eigenvalue weighted by molar-refractivity contribution is 5.77. The predicted octanol–water partition coefficient (Wildman–Crippen LogP) is 1.24. The van der Waals surface area contributed by atoms with Crippen molar-refractivity contribution in [1.82, 2.24) is 4.90 Å². The molecule has 0 spiro atoms. The van der Waals surface area contributed by atoms with Gasteiger partial charge in [0.05, 0.1) is 51.5 Å². The Bertz CT molecular complexity index is 774. The standard InChI is InChI=1S/C21H26N4O2/c1-18-6-2-3-8-20(18)24-13-11-23(12-14-24)17-21(26)25(10-5-9-22)16-19-7-4-15-27-19/h2-4,6-8,15H,5,10-14,16-17H2,1H3/p+1. The highest BCUT2D eigenvalue weighted by Crippen LogP contribution is 2.18. The third kappa shape index (κ3) is 5.11. The van der Waals surface area contributed by atoms with Crippen molar-refractivity contribution in [1.29, 1.82) is 5.26 Å². The molecule has 27 heavy (non-hydrogen) atoms. The van der Waals surface area contributed by atoms with E-state index >= 15 is 0 Å². The Labute approximate surface area is 160 Å². The van der Waals surface area contributed by atoms with Crippen LogP contribution in [-0.2, 0) is 11.3 Å². The van der Waals surface area contributed by atoms with E-state index in [-0.39, 0.29) is 5.91 Å². The number of rotatable bonds is 7. The molecule has 0 atom stereocenters. The van der Waals surface area contributed by atoms with E-state index in [9.17, 15) is 4.79 Å². The lowest BCUT2D eigenvalue weighted by Gasteiger charge is -2.35. The molecule has 1 saturated heterocycles.